The van der Waals surface area contributed by atoms with Gasteiger partial charge in [-0.2, -0.15) is 0 Å². The van der Waals surface area contributed by atoms with Gasteiger partial charge in [0.25, 0.3) is 0 Å². The summed E-state index contributed by atoms with van der Waals surface area (Å²) in [5, 5.41) is 9.22. The molecule has 2 atom stereocenters. The molecule has 0 radical (unpaired) electrons. The number of rotatable bonds is 4. The topological polar surface area (TPSA) is 57.6 Å². The van der Waals surface area contributed by atoms with E-state index in [2.05, 4.69) is 0 Å². The molecule has 1 amide bonds. The molecule has 0 aromatic heterocycles. The van der Waals surface area contributed by atoms with Gasteiger partial charge in [-0.25, -0.2) is 0 Å². The molecule has 1 fully saturated rings. The molecule has 0 saturated heterocycles. The van der Waals surface area contributed by atoms with Crippen molar-refractivity contribution in [3.63, 3.8) is 0 Å². The van der Waals surface area contributed by atoms with Crippen molar-refractivity contribution >= 4 is 17.6 Å². The minimum absolute atomic E-state index is 0.0841. The fraction of sp³-hybridized carbons (Fsp3) is 0.500. The van der Waals surface area contributed by atoms with Crippen LogP contribution in [0.1, 0.15) is 26.3 Å². The van der Waals surface area contributed by atoms with E-state index in [9.17, 15) is 14.7 Å². The van der Waals surface area contributed by atoms with Crippen molar-refractivity contribution in [2.45, 2.75) is 27.7 Å². The summed E-state index contributed by atoms with van der Waals surface area (Å²) >= 11 is 0. The van der Waals surface area contributed by atoms with E-state index in [0.29, 0.717) is 6.54 Å². The van der Waals surface area contributed by atoms with Crippen molar-refractivity contribution in [1.29, 1.82) is 0 Å². The first-order valence-electron chi connectivity index (χ1n) is 6.92. The number of nitrogens with zero attached hydrogens (tertiary/aromatic N) is 1. The summed E-state index contributed by atoms with van der Waals surface area (Å²) in [6.45, 7) is 8.11. The summed E-state index contributed by atoms with van der Waals surface area (Å²) < 4.78 is 0. The molecule has 108 valence electrons. The lowest BCUT2D eigenvalue weighted by atomic mass is 10.1. The SMILES string of the molecule is CCN(C(=O)C1C(C(=O)O)C1(C)C)c1ccccc1C. The van der Waals surface area contributed by atoms with Gasteiger partial charge in [-0.05, 0) is 30.9 Å². The lowest BCUT2D eigenvalue weighted by Crippen LogP contribution is -2.34. The van der Waals surface area contributed by atoms with E-state index in [-0.39, 0.29) is 5.91 Å². The number of carboxylic acid groups (broad SMARTS) is 1. The second kappa shape index (κ2) is 4.93. The first-order valence-corrected chi connectivity index (χ1v) is 6.92. The largest absolute Gasteiger partial charge is 0.481 e. The maximum atomic E-state index is 12.7. The van der Waals surface area contributed by atoms with Crippen molar-refractivity contribution in [3.05, 3.63) is 29.8 Å². The van der Waals surface area contributed by atoms with E-state index < -0.39 is 23.2 Å². The first-order chi connectivity index (χ1) is 9.32. The molecule has 2 rings (SSSR count). The molecule has 4 heteroatoms. The summed E-state index contributed by atoms with van der Waals surface area (Å²) in [6, 6.07) is 7.68. The van der Waals surface area contributed by atoms with Crippen LogP contribution in [0.4, 0.5) is 5.69 Å². The number of aliphatic carboxylic acids is 1. The molecule has 1 saturated carbocycles. The van der Waals surface area contributed by atoms with E-state index >= 15 is 0 Å². The number of anilines is 1. The van der Waals surface area contributed by atoms with Crippen LogP contribution in [-0.2, 0) is 9.59 Å². The van der Waals surface area contributed by atoms with Crippen molar-refractivity contribution in [2.75, 3.05) is 11.4 Å². The van der Waals surface area contributed by atoms with Crippen LogP contribution in [-0.4, -0.2) is 23.5 Å². The van der Waals surface area contributed by atoms with Crippen LogP contribution in [0.5, 0.6) is 0 Å². The average Bonchev–Trinajstić information content (AvgIpc) is 2.95. The third-order valence-electron chi connectivity index (χ3n) is 4.35. The van der Waals surface area contributed by atoms with Gasteiger partial charge >= 0.3 is 5.97 Å². The van der Waals surface area contributed by atoms with Gasteiger partial charge in [-0.1, -0.05) is 32.0 Å². The number of benzene rings is 1. The number of amides is 1. The monoisotopic (exact) mass is 275 g/mol. The smallest absolute Gasteiger partial charge is 0.307 e. The van der Waals surface area contributed by atoms with E-state index in [0.717, 1.165) is 11.3 Å². The van der Waals surface area contributed by atoms with E-state index in [4.69, 9.17) is 0 Å². The number of carbonyl (C=O) groups excluding carboxylic acids is 1. The molecule has 0 spiro atoms. The number of carbonyl (C=O) groups is 2. The summed E-state index contributed by atoms with van der Waals surface area (Å²) in [6.07, 6.45) is 0. The standard InChI is InChI=1S/C16H21NO3/c1-5-17(11-9-7-6-8-10(11)2)14(18)12-13(15(19)20)16(12,3)4/h6-9,12-13H,5H2,1-4H3,(H,19,20). The molecule has 1 aliphatic rings. The van der Waals surface area contributed by atoms with E-state index in [1.54, 1.807) is 4.90 Å². The summed E-state index contributed by atoms with van der Waals surface area (Å²) in [4.78, 5) is 25.6. The zero-order chi connectivity index (χ0) is 15.1. The van der Waals surface area contributed by atoms with Gasteiger partial charge in [-0.3, -0.25) is 9.59 Å². The minimum atomic E-state index is -0.880. The predicted molar refractivity (Wildman–Crippen MR) is 77.6 cm³/mol. The highest BCUT2D eigenvalue weighted by Gasteiger charge is 2.66. The second-order valence-electron chi connectivity index (χ2n) is 5.98. The highest BCUT2D eigenvalue weighted by molar-refractivity contribution is 6.01. The first kappa shape index (κ1) is 14.6. The molecule has 20 heavy (non-hydrogen) atoms. The number of hydrogen-bond acceptors (Lipinski definition) is 2. The summed E-state index contributed by atoms with van der Waals surface area (Å²) in [7, 11) is 0. The van der Waals surface area contributed by atoms with Gasteiger partial charge < -0.3 is 10.0 Å². The van der Waals surface area contributed by atoms with Crippen LogP contribution in [0.25, 0.3) is 0 Å². The van der Waals surface area contributed by atoms with Gasteiger partial charge in [0, 0.05) is 12.2 Å². The number of carboxylic acids is 1. The van der Waals surface area contributed by atoms with Crippen LogP contribution in [0.15, 0.2) is 24.3 Å². The predicted octanol–water partition coefficient (Wildman–Crippen LogP) is 2.70. The Morgan fingerprint density at radius 2 is 1.85 bits per heavy atom. The summed E-state index contributed by atoms with van der Waals surface area (Å²) in [5.74, 6) is -1.97. The highest BCUT2D eigenvalue weighted by atomic mass is 16.4. The van der Waals surface area contributed by atoms with Crippen molar-refractivity contribution in [1.82, 2.24) is 0 Å². The molecule has 0 aliphatic heterocycles. The number of aryl methyl sites for hydroxylation is 1. The maximum Gasteiger partial charge on any atom is 0.307 e. The zero-order valence-electron chi connectivity index (χ0n) is 12.4. The molecule has 1 aromatic carbocycles. The van der Waals surface area contributed by atoms with E-state index in [1.165, 1.54) is 0 Å². The molecule has 0 heterocycles. The van der Waals surface area contributed by atoms with Crippen LogP contribution in [0.2, 0.25) is 0 Å². The van der Waals surface area contributed by atoms with Crippen molar-refractivity contribution in [3.8, 4) is 0 Å². The molecule has 0 bridgehead atoms. The molecule has 1 aromatic rings. The Hall–Kier alpha value is -1.84. The third-order valence-corrected chi connectivity index (χ3v) is 4.35. The Labute approximate surface area is 119 Å². The lowest BCUT2D eigenvalue weighted by molar-refractivity contribution is -0.140. The van der Waals surface area contributed by atoms with Crippen LogP contribution in [0.3, 0.4) is 0 Å². The molecule has 4 nitrogen and oxygen atoms in total. The fourth-order valence-electron chi connectivity index (χ4n) is 3.04. The minimum Gasteiger partial charge on any atom is -0.481 e. The van der Waals surface area contributed by atoms with Crippen molar-refractivity contribution in [2.24, 2.45) is 17.3 Å². The van der Waals surface area contributed by atoms with Crippen molar-refractivity contribution < 1.29 is 14.7 Å². The Morgan fingerprint density at radius 3 is 2.30 bits per heavy atom. The van der Waals surface area contributed by atoms with Gasteiger partial charge in [0.1, 0.15) is 0 Å². The highest BCUT2D eigenvalue weighted by Crippen LogP contribution is 2.59. The molecule has 2 unspecified atom stereocenters. The van der Waals surface area contributed by atoms with E-state index in [1.807, 2.05) is 52.0 Å². The maximum absolute atomic E-state index is 12.7. The van der Waals surface area contributed by atoms with Crippen LogP contribution >= 0.6 is 0 Å². The quantitative estimate of drug-likeness (QED) is 0.919. The van der Waals surface area contributed by atoms with Crippen LogP contribution < -0.4 is 4.90 Å². The Kier molecular flexibility index (Phi) is 3.59. The van der Waals surface area contributed by atoms with Gasteiger partial charge in [-0.15, -0.1) is 0 Å². The van der Waals surface area contributed by atoms with Gasteiger partial charge in [0.05, 0.1) is 11.8 Å². The summed E-state index contributed by atoms with van der Waals surface area (Å²) in [5.41, 5.74) is 1.43. The Bertz CT molecular complexity index is 550. The molecule has 1 N–H and O–H groups in total. The second-order valence-corrected chi connectivity index (χ2v) is 5.98. The zero-order valence-corrected chi connectivity index (χ0v) is 12.4. The molecular formula is C16H21NO3. The number of para-hydroxylation sites is 1. The Morgan fingerprint density at radius 1 is 1.25 bits per heavy atom. The third kappa shape index (κ3) is 2.19. The normalized spacial score (nSPS) is 23.2. The fourth-order valence-corrected chi connectivity index (χ4v) is 3.04. The number of hydrogen-bond donors (Lipinski definition) is 1. The Balaban J connectivity index is 2.29. The average molecular weight is 275 g/mol. The lowest BCUT2D eigenvalue weighted by Gasteiger charge is -2.23. The van der Waals surface area contributed by atoms with Crippen LogP contribution in [0, 0.1) is 24.2 Å². The molecular weight excluding hydrogens is 254 g/mol. The molecule has 1 aliphatic carbocycles. The van der Waals surface area contributed by atoms with Gasteiger partial charge in [0.2, 0.25) is 5.91 Å². The van der Waals surface area contributed by atoms with Gasteiger partial charge in [0.15, 0.2) is 0 Å².